The molecule has 3 aromatic rings. The van der Waals surface area contributed by atoms with Crippen LogP contribution >= 0.6 is 23.1 Å². The molecule has 1 aromatic heterocycles. The molecule has 0 atom stereocenters. The molecule has 2 amide bonds. The normalized spacial score (nSPS) is 13.8. The number of thioether (sulfide) groups is 1. The van der Waals surface area contributed by atoms with E-state index in [9.17, 15) is 14.0 Å². The Labute approximate surface area is 193 Å². The molecule has 1 fully saturated rings. The summed E-state index contributed by atoms with van der Waals surface area (Å²) in [7, 11) is 0. The number of aryl methyl sites for hydroxylation is 1. The SMILES string of the molecule is Cc1ccccc1NC(=O)c1nnc(SCC(=O)N2CCN(c3ccc(F)cc3)CC2)s1. The van der Waals surface area contributed by atoms with Crippen LogP contribution in [0.3, 0.4) is 0 Å². The van der Waals surface area contributed by atoms with Crippen molar-refractivity contribution < 1.29 is 14.0 Å². The van der Waals surface area contributed by atoms with Crippen molar-refractivity contribution in [1.82, 2.24) is 15.1 Å². The lowest BCUT2D eigenvalue weighted by Crippen LogP contribution is -2.49. The highest BCUT2D eigenvalue weighted by Gasteiger charge is 2.22. The van der Waals surface area contributed by atoms with Crippen LogP contribution < -0.4 is 10.2 Å². The number of aromatic nitrogens is 2. The van der Waals surface area contributed by atoms with Crippen molar-refractivity contribution in [3.8, 4) is 0 Å². The third-order valence-corrected chi connectivity index (χ3v) is 7.18. The number of nitrogens with zero attached hydrogens (tertiary/aromatic N) is 4. The van der Waals surface area contributed by atoms with E-state index in [-0.39, 0.29) is 28.4 Å². The van der Waals surface area contributed by atoms with Gasteiger partial charge in [0.25, 0.3) is 5.91 Å². The van der Waals surface area contributed by atoms with Crippen molar-refractivity contribution >= 4 is 46.3 Å². The van der Waals surface area contributed by atoms with Gasteiger partial charge in [0.05, 0.1) is 5.75 Å². The van der Waals surface area contributed by atoms with Gasteiger partial charge in [-0.05, 0) is 42.8 Å². The molecule has 1 N–H and O–H groups in total. The second-order valence-corrected chi connectivity index (χ2v) is 9.48. The molecule has 1 saturated heterocycles. The van der Waals surface area contributed by atoms with Gasteiger partial charge < -0.3 is 15.1 Å². The first kappa shape index (κ1) is 22.2. The minimum Gasteiger partial charge on any atom is -0.368 e. The zero-order chi connectivity index (χ0) is 22.5. The van der Waals surface area contributed by atoms with Crippen molar-refractivity contribution in [3.05, 3.63) is 64.9 Å². The number of rotatable bonds is 6. The van der Waals surface area contributed by atoms with Crippen LogP contribution in [0.4, 0.5) is 15.8 Å². The molecule has 0 unspecified atom stereocenters. The number of hydrogen-bond donors (Lipinski definition) is 1. The van der Waals surface area contributed by atoms with E-state index < -0.39 is 0 Å². The molecule has 0 bridgehead atoms. The van der Waals surface area contributed by atoms with Gasteiger partial charge in [-0.3, -0.25) is 9.59 Å². The molecule has 7 nitrogen and oxygen atoms in total. The van der Waals surface area contributed by atoms with Crippen molar-refractivity contribution in [2.75, 3.05) is 42.1 Å². The Morgan fingerprint density at radius 1 is 1.06 bits per heavy atom. The van der Waals surface area contributed by atoms with Crippen LogP contribution in [-0.2, 0) is 4.79 Å². The first-order valence-electron chi connectivity index (χ1n) is 10.1. The van der Waals surface area contributed by atoms with Crippen LogP contribution in [0.5, 0.6) is 0 Å². The van der Waals surface area contributed by atoms with Crippen molar-refractivity contribution in [2.24, 2.45) is 0 Å². The van der Waals surface area contributed by atoms with Gasteiger partial charge in [0.15, 0.2) is 4.34 Å². The van der Waals surface area contributed by atoms with E-state index in [0.29, 0.717) is 30.5 Å². The van der Waals surface area contributed by atoms with Gasteiger partial charge in [0, 0.05) is 37.6 Å². The number of amides is 2. The van der Waals surface area contributed by atoms with Crippen LogP contribution in [0, 0.1) is 12.7 Å². The van der Waals surface area contributed by atoms with Gasteiger partial charge in [-0.25, -0.2) is 4.39 Å². The third-order valence-electron chi connectivity index (χ3n) is 5.14. The van der Waals surface area contributed by atoms with Crippen molar-refractivity contribution in [1.29, 1.82) is 0 Å². The molecular weight excluding hydrogens is 449 g/mol. The number of hydrogen-bond acceptors (Lipinski definition) is 7. The maximum absolute atomic E-state index is 13.1. The molecule has 166 valence electrons. The number of carbonyl (C=O) groups excluding carboxylic acids is 2. The van der Waals surface area contributed by atoms with E-state index in [1.165, 1.54) is 35.2 Å². The summed E-state index contributed by atoms with van der Waals surface area (Å²) in [5.41, 5.74) is 2.65. The molecule has 2 aromatic carbocycles. The summed E-state index contributed by atoms with van der Waals surface area (Å²) in [5, 5.41) is 11.1. The van der Waals surface area contributed by atoms with Gasteiger partial charge in [-0.15, -0.1) is 10.2 Å². The summed E-state index contributed by atoms with van der Waals surface area (Å²) in [5.74, 6) is -0.307. The predicted molar refractivity (Wildman–Crippen MR) is 125 cm³/mol. The monoisotopic (exact) mass is 471 g/mol. The average Bonchev–Trinajstić information content (AvgIpc) is 3.29. The van der Waals surface area contributed by atoms with Gasteiger partial charge in [-0.1, -0.05) is 41.3 Å². The van der Waals surface area contributed by atoms with Crippen molar-refractivity contribution in [2.45, 2.75) is 11.3 Å². The molecule has 1 aliphatic rings. The Balaban J connectivity index is 1.25. The van der Waals surface area contributed by atoms with E-state index in [4.69, 9.17) is 0 Å². The summed E-state index contributed by atoms with van der Waals surface area (Å²) >= 11 is 2.46. The maximum atomic E-state index is 13.1. The number of halogens is 1. The van der Waals surface area contributed by atoms with E-state index in [2.05, 4.69) is 20.4 Å². The predicted octanol–water partition coefficient (Wildman–Crippen LogP) is 3.68. The number of nitrogens with one attached hydrogen (secondary N) is 1. The molecule has 2 heterocycles. The standard InChI is InChI=1S/C22H22FN5O2S2/c1-15-4-2-3-5-18(15)24-20(30)21-25-26-22(32-21)31-14-19(29)28-12-10-27(11-13-28)17-8-6-16(23)7-9-17/h2-9H,10-14H2,1H3,(H,24,30). The summed E-state index contributed by atoms with van der Waals surface area (Å²) < 4.78 is 13.7. The van der Waals surface area contributed by atoms with E-state index in [0.717, 1.165) is 16.9 Å². The van der Waals surface area contributed by atoms with Crippen LogP contribution in [0.2, 0.25) is 0 Å². The smallest absolute Gasteiger partial charge is 0.286 e. The molecule has 0 radical (unpaired) electrons. The molecule has 32 heavy (non-hydrogen) atoms. The lowest BCUT2D eigenvalue weighted by atomic mass is 10.2. The highest BCUT2D eigenvalue weighted by molar-refractivity contribution is 8.01. The minimum atomic E-state index is -0.313. The topological polar surface area (TPSA) is 78.4 Å². The number of para-hydroxylation sites is 1. The summed E-state index contributed by atoms with van der Waals surface area (Å²) in [6.45, 7) is 4.53. The van der Waals surface area contributed by atoms with Crippen LogP contribution in [-0.4, -0.2) is 58.8 Å². The zero-order valence-corrected chi connectivity index (χ0v) is 19.1. The largest absolute Gasteiger partial charge is 0.368 e. The zero-order valence-electron chi connectivity index (χ0n) is 17.5. The molecule has 0 saturated carbocycles. The highest BCUT2D eigenvalue weighted by Crippen LogP contribution is 2.24. The summed E-state index contributed by atoms with van der Waals surface area (Å²) in [6, 6.07) is 13.9. The van der Waals surface area contributed by atoms with Crippen LogP contribution in [0.15, 0.2) is 52.9 Å². The Morgan fingerprint density at radius 2 is 1.78 bits per heavy atom. The number of piperazine rings is 1. The van der Waals surface area contributed by atoms with Gasteiger partial charge in [0.2, 0.25) is 10.9 Å². The van der Waals surface area contributed by atoms with E-state index >= 15 is 0 Å². The quantitative estimate of drug-likeness (QED) is 0.553. The van der Waals surface area contributed by atoms with Crippen LogP contribution in [0.25, 0.3) is 0 Å². The van der Waals surface area contributed by atoms with Gasteiger partial charge >= 0.3 is 0 Å². The Morgan fingerprint density at radius 3 is 2.50 bits per heavy atom. The lowest BCUT2D eigenvalue weighted by molar-refractivity contribution is -0.128. The minimum absolute atomic E-state index is 0.0230. The fourth-order valence-corrected chi connectivity index (χ4v) is 4.98. The van der Waals surface area contributed by atoms with E-state index in [1.807, 2.05) is 36.1 Å². The fraction of sp³-hybridized carbons (Fsp3) is 0.273. The molecule has 1 aliphatic heterocycles. The molecule has 4 rings (SSSR count). The van der Waals surface area contributed by atoms with Crippen LogP contribution in [0.1, 0.15) is 15.4 Å². The number of anilines is 2. The lowest BCUT2D eigenvalue weighted by Gasteiger charge is -2.36. The van der Waals surface area contributed by atoms with Crippen molar-refractivity contribution in [3.63, 3.8) is 0 Å². The van der Waals surface area contributed by atoms with E-state index in [1.54, 1.807) is 12.1 Å². The first-order chi connectivity index (χ1) is 15.5. The van der Waals surface area contributed by atoms with Gasteiger partial charge in [-0.2, -0.15) is 0 Å². The summed E-state index contributed by atoms with van der Waals surface area (Å²) in [6.07, 6.45) is 0. The number of benzene rings is 2. The maximum Gasteiger partial charge on any atom is 0.286 e. The van der Waals surface area contributed by atoms with Gasteiger partial charge in [0.1, 0.15) is 5.82 Å². The Hall–Kier alpha value is -2.98. The Kier molecular flexibility index (Phi) is 7.01. The average molecular weight is 472 g/mol. The molecular formula is C22H22FN5O2S2. The first-order valence-corrected chi connectivity index (χ1v) is 11.9. The fourth-order valence-electron chi connectivity index (χ4n) is 3.33. The number of carbonyl (C=O) groups is 2. The second-order valence-electron chi connectivity index (χ2n) is 7.28. The molecule has 0 spiro atoms. The second kappa shape index (κ2) is 10.1. The molecule has 0 aliphatic carbocycles. The Bertz CT molecular complexity index is 1100. The third kappa shape index (κ3) is 5.43. The highest BCUT2D eigenvalue weighted by atomic mass is 32.2. The molecule has 10 heteroatoms. The summed E-state index contributed by atoms with van der Waals surface area (Å²) in [4.78, 5) is 29.0.